The van der Waals surface area contributed by atoms with Crippen molar-refractivity contribution >= 4 is 28.0 Å². The average molecular weight is 855 g/mol. The number of nitrogens with zero attached hydrogens (tertiary/aromatic N) is 6. The molecular weight excluding hydrogens is 804 g/mol. The lowest BCUT2D eigenvalue weighted by molar-refractivity contribution is -0.137. The zero-order chi connectivity index (χ0) is 45.5. The third-order valence-corrected chi connectivity index (χ3v) is 9.88. The van der Waals surface area contributed by atoms with Crippen LogP contribution in [0, 0.1) is 27.7 Å². The summed E-state index contributed by atoms with van der Waals surface area (Å²) in [5, 5.41) is 85.6. The number of nitrogens with one attached hydrogen (secondary N) is 2. The van der Waals surface area contributed by atoms with Gasteiger partial charge in [0.25, 0.3) is 11.1 Å². The van der Waals surface area contributed by atoms with E-state index in [0.29, 0.717) is 28.5 Å². The van der Waals surface area contributed by atoms with Crippen molar-refractivity contribution in [3.05, 3.63) is 88.2 Å². The van der Waals surface area contributed by atoms with Crippen molar-refractivity contribution < 1.29 is 50.8 Å². The molecular formula is C39H50N8O14. The number of aliphatic hydroxyl groups is 8. The van der Waals surface area contributed by atoms with E-state index >= 15 is 0 Å². The molecule has 11 N–H and O–H groups in total. The predicted molar refractivity (Wildman–Crippen MR) is 218 cm³/mol. The van der Waals surface area contributed by atoms with E-state index in [9.17, 15) is 54.6 Å². The van der Waals surface area contributed by atoms with Gasteiger partial charge in [0, 0.05) is 6.42 Å². The van der Waals surface area contributed by atoms with Crippen molar-refractivity contribution in [1.82, 2.24) is 39.0 Å². The van der Waals surface area contributed by atoms with Gasteiger partial charge in [-0.05, 0) is 80.6 Å². The molecule has 22 heteroatoms. The number of fused-ring (bicyclic) bond motifs is 4. The van der Waals surface area contributed by atoms with Crippen LogP contribution >= 0.6 is 0 Å². The Bertz CT molecular complexity index is 2490. The minimum atomic E-state index is -1.64. The van der Waals surface area contributed by atoms with Gasteiger partial charge in [0.15, 0.2) is 23.0 Å². The molecule has 0 radical (unpaired) electrons. The number of aromatic nitrogens is 8. The van der Waals surface area contributed by atoms with Crippen LogP contribution in [0.4, 0.5) is 0 Å². The normalized spacial score (nSPS) is 14.4. The summed E-state index contributed by atoms with van der Waals surface area (Å²) in [6.45, 7) is 7.43. The highest BCUT2D eigenvalue weighted by Crippen LogP contribution is 2.26. The van der Waals surface area contributed by atoms with Crippen molar-refractivity contribution in [3.63, 3.8) is 0 Å². The second-order valence-corrected chi connectivity index (χ2v) is 14.5. The van der Waals surface area contributed by atoms with Gasteiger partial charge < -0.3 is 55.1 Å². The first-order valence-electron chi connectivity index (χ1n) is 19.1. The SMILES string of the molecule is CCCCC(=O)O.Cc1cc2nc3c(=O)[nH]c(=O)nc-3n(C[C@H](O)[C@H](O)[C@H](O)CO)c2cc1C.Cc1cc2nc3c(=O)[nH]c(=O)nc-3n(C[C@H](O)[C@H](O)[C@H](O)CO)c2cc1C. The molecule has 2 aromatic carbocycles. The third-order valence-electron chi connectivity index (χ3n) is 9.88. The molecule has 2 aromatic rings. The number of hydrogen-bond donors (Lipinski definition) is 11. The lowest BCUT2D eigenvalue weighted by atomic mass is 10.1. The summed E-state index contributed by atoms with van der Waals surface area (Å²) >= 11 is 0. The van der Waals surface area contributed by atoms with Gasteiger partial charge in [-0.25, -0.2) is 19.6 Å². The van der Waals surface area contributed by atoms with Crippen LogP contribution in [0.25, 0.3) is 45.1 Å². The molecule has 0 unspecified atom stereocenters. The number of unbranched alkanes of at least 4 members (excludes halogenated alkanes) is 1. The maximum Gasteiger partial charge on any atom is 0.349 e. The lowest BCUT2D eigenvalue weighted by Gasteiger charge is -2.25. The zero-order valence-electron chi connectivity index (χ0n) is 34.0. The fourth-order valence-electron chi connectivity index (χ4n) is 6.12. The highest BCUT2D eigenvalue weighted by atomic mass is 16.4. The molecule has 22 nitrogen and oxygen atoms in total. The third kappa shape index (κ3) is 11.3. The summed E-state index contributed by atoms with van der Waals surface area (Å²) in [6.07, 6.45) is -7.28. The van der Waals surface area contributed by atoms with E-state index < -0.39 is 78.3 Å². The van der Waals surface area contributed by atoms with E-state index in [-0.39, 0.29) is 36.1 Å². The summed E-state index contributed by atoms with van der Waals surface area (Å²) in [5.74, 6) is -0.796. The molecule has 0 bridgehead atoms. The van der Waals surface area contributed by atoms with Crippen LogP contribution in [0.5, 0.6) is 0 Å². The number of carboxylic acids is 1. The van der Waals surface area contributed by atoms with E-state index in [1.54, 1.807) is 24.3 Å². The summed E-state index contributed by atoms with van der Waals surface area (Å²) in [5.41, 5.74) is 2.23. The van der Waals surface area contributed by atoms with Crippen LogP contribution in [0.3, 0.4) is 0 Å². The Morgan fingerprint density at radius 2 is 0.967 bits per heavy atom. The first-order valence-corrected chi connectivity index (χ1v) is 19.1. The highest BCUT2D eigenvalue weighted by molar-refractivity contribution is 5.82. The number of aromatic amines is 2. The number of H-pyrrole nitrogens is 2. The van der Waals surface area contributed by atoms with Crippen LogP contribution in [-0.4, -0.2) is 141 Å². The quantitative estimate of drug-likeness (QED) is 0.0550. The van der Waals surface area contributed by atoms with Crippen molar-refractivity contribution in [2.45, 2.75) is 104 Å². The molecule has 0 amide bonds. The monoisotopic (exact) mass is 854 g/mol. The second-order valence-electron chi connectivity index (χ2n) is 14.5. The maximum atomic E-state index is 12.2. The smallest absolute Gasteiger partial charge is 0.349 e. The van der Waals surface area contributed by atoms with Gasteiger partial charge in [0.2, 0.25) is 0 Å². The molecule has 0 saturated carbocycles. The van der Waals surface area contributed by atoms with Gasteiger partial charge in [-0.3, -0.25) is 24.4 Å². The molecule has 6 rings (SSSR count). The van der Waals surface area contributed by atoms with Gasteiger partial charge in [0.1, 0.15) is 36.6 Å². The van der Waals surface area contributed by atoms with Crippen LogP contribution in [0.15, 0.2) is 43.4 Å². The molecule has 4 heterocycles. The van der Waals surface area contributed by atoms with Crippen molar-refractivity contribution in [2.75, 3.05) is 13.2 Å². The molecule has 330 valence electrons. The van der Waals surface area contributed by atoms with E-state index in [4.69, 9.17) is 15.3 Å². The maximum absolute atomic E-state index is 12.2. The predicted octanol–water partition coefficient (Wildman–Crippen LogP) is -2.19. The lowest BCUT2D eigenvalue weighted by Crippen LogP contribution is -2.42. The number of carboxylic acid groups (broad SMARTS) is 1. The summed E-state index contributed by atoms with van der Waals surface area (Å²) < 4.78 is 2.80. The fourth-order valence-corrected chi connectivity index (χ4v) is 6.12. The number of hydrogen-bond acceptors (Lipinski definition) is 17. The number of aliphatic carboxylic acids is 1. The number of benzene rings is 2. The van der Waals surface area contributed by atoms with E-state index in [0.717, 1.165) is 35.1 Å². The molecule has 0 spiro atoms. The minimum absolute atomic E-state index is 0.0516. The number of aliphatic hydroxyl groups excluding tert-OH is 8. The Morgan fingerprint density at radius 3 is 1.28 bits per heavy atom. The topological polar surface area (TPSA) is 360 Å². The van der Waals surface area contributed by atoms with E-state index in [1.807, 2.05) is 34.6 Å². The van der Waals surface area contributed by atoms with E-state index in [1.165, 1.54) is 9.13 Å². The average Bonchev–Trinajstić information content (AvgIpc) is 3.21. The molecule has 0 aromatic heterocycles. The van der Waals surface area contributed by atoms with Crippen LogP contribution in [0.1, 0.15) is 48.4 Å². The van der Waals surface area contributed by atoms with Crippen molar-refractivity contribution in [2.24, 2.45) is 0 Å². The van der Waals surface area contributed by atoms with Crippen LogP contribution < -0.4 is 22.5 Å². The highest BCUT2D eigenvalue weighted by Gasteiger charge is 2.29. The van der Waals surface area contributed by atoms with Gasteiger partial charge in [0.05, 0.1) is 48.4 Å². The van der Waals surface area contributed by atoms with Crippen molar-refractivity contribution in [1.29, 1.82) is 0 Å². The number of rotatable bonds is 13. The zero-order valence-corrected chi connectivity index (χ0v) is 34.0. The molecule has 6 atom stereocenters. The standard InChI is InChI=1S/2C17H20N4O6.C5H10O2/c2*1-7-3-9-10(4-8(7)2)21(5-11(23)14(25)12(24)6-22)15-13(18-9)16(26)20-17(27)19-15;1-2-3-4-5(6)7/h2*3-4,11-12,14,22-25H,5-6H2,1-2H3,(H,20,26,27);2-4H2,1H3,(H,6,7)/t2*11-,12+,14-;/m00./s1. The number of carbonyl (C=O) groups is 1. The Kier molecular flexibility index (Phi) is 16.2. The Hall–Kier alpha value is -5.85. The molecule has 4 aliphatic heterocycles. The summed E-state index contributed by atoms with van der Waals surface area (Å²) in [6, 6.07) is 7.06. The Labute approximate surface area is 345 Å². The van der Waals surface area contributed by atoms with Gasteiger partial charge in [-0.2, -0.15) is 9.97 Å². The fraction of sp³-hybridized carbons (Fsp3) is 0.462. The summed E-state index contributed by atoms with van der Waals surface area (Å²) in [4.78, 5) is 77.8. The van der Waals surface area contributed by atoms with E-state index in [2.05, 4.69) is 29.9 Å². The molecule has 61 heavy (non-hydrogen) atoms. The molecule has 0 saturated heterocycles. The first kappa shape index (κ1) is 47.8. The molecule has 4 aliphatic rings. The summed E-state index contributed by atoms with van der Waals surface area (Å²) in [7, 11) is 0. The van der Waals surface area contributed by atoms with Crippen molar-refractivity contribution in [3.8, 4) is 23.0 Å². The Balaban J connectivity index is 0.000000233. The van der Waals surface area contributed by atoms with Gasteiger partial charge in [-0.1, -0.05) is 13.3 Å². The Morgan fingerprint density at radius 1 is 0.607 bits per heavy atom. The van der Waals surface area contributed by atoms with Crippen LogP contribution in [0.2, 0.25) is 0 Å². The van der Waals surface area contributed by atoms with Crippen LogP contribution in [-0.2, 0) is 17.9 Å². The van der Waals surface area contributed by atoms with Gasteiger partial charge in [-0.15, -0.1) is 0 Å². The van der Waals surface area contributed by atoms with Gasteiger partial charge >= 0.3 is 17.3 Å². The molecule has 0 aliphatic carbocycles. The molecule has 0 fully saturated rings. The number of aryl methyl sites for hydroxylation is 4. The second kappa shape index (κ2) is 20.6. The minimum Gasteiger partial charge on any atom is -0.481 e. The largest absolute Gasteiger partial charge is 0.481 e. The first-order chi connectivity index (χ1) is 28.7.